The Bertz CT molecular complexity index is 99.1. The highest BCUT2D eigenvalue weighted by atomic mass is 32.1. The van der Waals surface area contributed by atoms with E-state index in [-0.39, 0.29) is 0 Å². The lowest BCUT2D eigenvalue weighted by Crippen LogP contribution is -2.25. The van der Waals surface area contributed by atoms with Crippen molar-refractivity contribution in [2.75, 3.05) is 14.1 Å². The third-order valence-electron chi connectivity index (χ3n) is 1.47. The van der Waals surface area contributed by atoms with Crippen molar-refractivity contribution in [1.82, 2.24) is 4.90 Å². The van der Waals surface area contributed by atoms with Gasteiger partial charge in [0.15, 0.2) is 0 Å². The normalized spacial score (nSPS) is 12.9. The average Bonchev–Trinajstić information content (AvgIpc) is 1.84. The molecule has 0 amide bonds. The van der Waals surface area contributed by atoms with E-state index in [0.29, 0.717) is 5.92 Å². The fourth-order valence-corrected chi connectivity index (χ4v) is 0.782. The summed E-state index contributed by atoms with van der Waals surface area (Å²) in [5.41, 5.74) is 0. The molecule has 0 saturated heterocycles. The zero-order valence-corrected chi connectivity index (χ0v) is 7.46. The molecular formula is C7H15NS. The number of thiocarbonyl (C=S) groups is 1. The SMILES string of the molecule is CCC(C)C(=S)N(C)C. The van der Waals surface area contributed by atoms with Crippen LogP contribution in [0.15, 0.2) is 0 Å². The second-order valence-electron chi connectivity index (χ2n) is 2.54. The number of rotatable bonds is 2. The van der Waals surface area contributed by atoms with Crippen molar-refractivity contribution in [2.24, 2.45) is 5.92 Å². The molecule has 1 unspecified atom stereocenters. The lowest BCUT2D eigenvalue weighted by Gasteiger charge is -2.18. The van der Waals surface area contributed by atoms with Crippen molar-refractivity contribution >= 4 is 17.2 Å². The highest BCUT2D eigenvalue weighted by Gasteiger charge is 2.06. The van der Waals surface area contributed by atoms with Crippen LogP contribution < -0.4 is 0 Å². The molecule has 2 heteroatoms. The standard InChI is InChI=1S/C7H15NS/c1-5-6(2)7(9)8(3)4/h6H,5H2,1-4H3. The van der Waals surface area contributed by atoms with Crippen LogP contribution in [0.3, 0.4) is 0 Å². The molecule has 0 aliphatic rings. The molecule has 1 atom stereocenters. The van der Waals surface area contributed by atoms with Gasteiger partial charge in [-0.15, -0.1) is 0 Å². The maximum Gasteiger partial charge on any atom is 0.0802 e. The summed E-state index contributed by atoms with van der Waals surface area (Å²) < 4.78 is 0. The van der Waals surface area contributed by atoms with Crippen molar-refractivity contribution in [3.05, 3.63) is 0 Å². The van der Waals surface area contributed by atoms with Crippen molar-refractivity contribution in [3.8, 4) is 0 Å². The van der Waals surface area contributed by atoms with E-state index in [2.05, 4.69) is 13.8 Å². The van der Waals surface area contributed by atoms with Crippen LogP contribution in [0.1, 0.15) is 20.3 Å². The predicted molar refractivity (Wildman–Crippen MR) is 45.7 cm³/mol. The van der Waals surface area contributed by atoms with E-state index in [0.717, 1.165) is 11.4 Å². The van der Waals surface area contributed by atoms with E-state index in [4.69, 9.17) is 12.2 Å². The molecular weight excluding hydrogens is 130 g/mol. The summed E-state index contributed by atoms with van der Waals surface area (Å²) in [6, 6.07) is 0. The zero-order chi connectivity index (χ0) is 7.44. The fourth-order valence-electron chi connectivity index (χ4n) is 0.615. The molecule has 0 heterocycles. The van der Waals surface area contributed by atoms with Gasteiger partial charge in [0.2, 0.25) is 0 Å². The summed E-state index contributed by atoms with van der Waals surface area (Å²) in [7, 11) is 3.99. The van der Waals surface area contributed by atoms with Crippen molar-refractivity contribution in [1.29, 1.82) is 0 Å². The van der Waals surface area contributed by atoms with Gasteiger partial charge in [-0.25, -0.2) is 0 Å². The third-order valence-corrected chi connectivity index (χ3v) is 2.24. The summed E-state index contributed by atoms with van der Waals surface area (Å²) in [5, 5.41) is 0. The fraction of sp³-hybridized carbons (Fsp3) is 0.857. The first-order valence-corrected chi connectivity index (χ1v) is 3.71. The van der Waals surface area contributed by atoms with Crippen LogP contribution in [-0.4, -0.2) is 24.0 Å². The van der Waals surface area contributed by atoms with Gasteiger partial charge in [0.25, 0.3) is 0 Å². The molecule has 1 nitrogen and oxygen atoms in total. The van der Waals surface area contributed by atoms with Gasteiger partial charge >= 0.3 is 0 Å². The summed E-state index contributed by atoms with van der Waals surface area (Å²) in [6.45, 7) is 4.31. The molecule has 54 valence electrons. The van der Waals surface area contributed by atoms with Gasteiger partial charge in [0.1, 0.15) is 0 Å². The topological polar surface area (TPSA) is 3.24 Å². The molecule has 0 saturated carbocycles. The number of hydrogen-bond acceptors (Lipinski definition) is 1. The minimum Gasteiger partial charge on any atom is -0.372 e. The van der Waals surface area contributed by atoms with Crippen molar-refractivity contribution in [3.63, 3.8) is 0 Å². The molecule has 0 radical (unpaired) electrons. The van der Waals surface area contributed by atoms with Crippen LogP contribution in [0.2, 0.25) is 0 Å². The average molecular weight is 145 g/mol. The molecule has 0 aliphatic carbocycles. The molecule has 0 aromatic carbocycles. The molecule has 0 fully saturated rings. The quantitative estimate of drug-likeness (QED) is 0.546. The maximum atomic E-state index is 5.13. The van der Waals surface area contributed by atoms with Gasteiger partial charge in [-0.3, -0.25) is 0 Å². The van der Waals surface area contributed by atoms with E-state index in [1.807, 2.05) is 19.0 Å². The molecule has 0 aromatic rings. The lowest BCUT2D eigenvalue weighted by molar-refractivity contribution is 0.569. The third kappa shape index (κ3) is 2.80. The molecule has 0 aromatic heterocycles. The van der Waals surface area contributed by atoms with E-state index in [1.54, 1.807) is 0 Å². The molecule has 9 heavy (non-hydrogen) atoms. The second kappa shape index (κ2) is 3.83. The predicted octanol–water partition coefficient (Wildman–Crippen LogP) is 1.92. The van der Waals surface area contributed by atoms with E-state index >= 15 is 0 Å². The van der Waals surface area contributed by atoms with Gasteiger partial charge in [-0.1, -0.05) is 26.1 Å². The van der Waals surface area contributed by atoms with Crippen LogP contribution in [0.5, 0.6) is 0 Å². The van der Waals surface area contributed by atoms with Gasteiger partial charge in [-0.05, 0) is 6.42 Å². The van der Waals surface area contributed by atoms with Gasteiger partial charge < -0.3 is 4.90 Å². The van der Waals surface area contributed by atoms with E-state index in [9.17, 15) is 0 Å². The Morgan fingerprint density at radius 2 is 2.00 bits per heavy atom. The maximum absolute atomic E-state index is 5.13. The number of nitrogens with zero attached hydrogens (tertiary/aromatic N) is 1. The Hall–Kier alpha value is -0.110. The Kier molecular flexibility index (Phi) is 3.78. The summed E-state index contributed by atoms with van der Waals surface area (Å²) >= 11 is 5.13. The molecule has 0 aliphatic heterocycles. The van der Waals surface area contributed by atoms with Crippen LogP contribution in [0.4, 0.5) is 0 Å². The summed E-state index contributed by atoms with van der Waals surface area (Å²) in [4.78, 5) is 3.06. The first-order valence-electron chi connectivity index (χ1n) is 3.30. The molecule has 0 bridgehead atoms. The van der Waals surface area contributed by atoms with Gasteiger partial charge in [0, 0.05) is 20.0 Å². The Morgan fingerprint density at radius 3 is 2.11 bits per heavy atom. The largest absolute Gasteiger partial charge is 0.372 e. The van der Waals surface area contributed by atoms with Crippen LogP contribution in [0.25, 0.3) is 0 Å². The Morgan fingerprint density at radius 1 is 1.56 bits per heavy atom. The minimum absolute atomic E-state index is 0.551. The summed E-state index contributed by atoms with van der Waals surface area (Å²) in [6.07, 6.45) is 1.14. The van der Waals surface area contributed by atoms with Gasteiger partial charge in [-0.2, -0.15) is 0 Å². The van der Waals surface area contributed by atoms with Crippen LogP contribution in [-0.2, 0) is 0 Å². The van der Waals surface area contributed by atoms with Crippen molar-refractivity contribution in [2.45, 2.75) is 20.3 Å². The number of hydrogen-bond donors (Lipinski definition) is 0. The van der Waals surface area contributed by atoms with Crippen LogP contribution in [0, 0.1) is 5.92 Å². The smallest absolute Gasteiger partial charge is 0.0802 e. The Labute approximate surface area is 63.0 Å². The first-order chi connectivity index (χ1) is 4.09. The summed E-state index contributed by atoms with van der Waals surface area (Å²) in [5.74, 6) is 0.551. The van der Waals surface area contributed by atoms with E-state index < -0.39 is 0 Å². The second-order valence-corrected chi connectivity index (χ2v) is 2.96. The Balaban J connectivity index is 3.73. The molecule has 0 rings (SSSR count). The zero-order valence-electron chi connectivity index (χ0n) is 6.64. The monoisotopic (exact) mass is 145 g/mol. The van der Waals surface area contributed by atoms with E-state index in [1.165, 1.54) is 0 Å². The molecule has 0 N–H and O–H groups in total. The molecule has 0 spiro atoms. The lowest BCUT2D eigenvalue weighted by atomic mass is 10.1. The van der Waals surface area contributed by atoms with Crippen molar-refractivity contribution < 1.29 is 0 Å². The highest BCUT2D eigenvalue weighted by Crippen LogP contribution is 2.04. The van der Waals surface area contributed by atoms with Gasteiger partial charge in [0.05, 0.1) is 4.99 Å². The van der Waals surface area contributed by atoms with Crippen LogP contribution >= 0.6 is 12.2 Å². The first kappa shape index (κ1) is 8.89. The minimum atomic E-state index is 0.551. The highest BCUT2D eigenvalue weighted by molar-refractivity contribution is 7.80.